The maximum absolute atomic E-state index is 12.7. The van der Waals surface area contributed by atoms with E-state index in [-0.39, 0.29) is 34.9 Å². The minimum atomic E-state index is -0.585. The first-order chi connectivity index (χ1) is 14.8. The summed E-state index contributed by atoms with van der Waals surface area (Å²) in [6.45, 7) is 0.0302. The van der Waals surface area contributed by atoms with Crippen molar-refractivity contribution in [3.63, 3.8) is 0 Å². The van der Waals surface area contributed by atoms with E-state index in [1.165, 1.54) is 66.4 Å². The molecule has 0 radical (unpaired) electrons. The summed E-state index contributed by atoms with van der Waals surface area (Å²) in [4.78, 5) is 45.6. The molecule has 0 saturated carbocycles. The van der Waals surface area contributed by atoms with E-state index in [0.29, 0.717) is 5.56 Å². The smallest absolute Gasteiger partial charge is 0.273 e. The van der Waals surface area contributed by atoms with Crippen LogP contribution in [0.5, 0.6) is 5.75 Å². The third kappa shape index (κ3) is 4.90. The molecule has 0 aliphatic carbocycles. The number of anilines is 1. The number of rotatable bonds is 7. The number of non-ortho nitro benzene ring substituents is 2. The number of amides is 1. The third-order valence-corrected chi connectivity index (χ3v) is 4.36. The number of pyridine rings is 1. The van der Waals surface area contributed by atoms with Crippen molar-refractivity contribution in [1.82, 2.24) is 4.57 Å². The molecule has 0 bridgehead atoms. The number of carbonyl (C=O) groups is 1. The molecule has 11 heteroatoms. The van der Waals surface area contributed by atoms with Crippen LogP contribution in [0.25, 0.3) is 0 Å². The lowest BCUT2D eigenvalue weighted by Gasteiger charge is -2.11. The minimum absolute atomic E-state index is 0.0302. The molecule has 158 valence electrons. The molecule has 0 fully saturated rings. The van der Waals surface area contributed by atoms with Gasteiger partial charge in [0.25, 0.3) is 22.8 Å². The number of carbonyl (C=O) groups excluding carboxylic acids is 1. The second kappa shape index (κ2) is 8.86. The lowest BCUT2D eigenvalue weighted by atomic mass is 10.2. The van der Waals surface area contributed by atoms with Crippen LogP contribution in [0.3, 0.4) is 0 Å². The lowest BCUT2D eigenvalue weighted by molar-refractivity contribution is -0.385. The van der Waals surface area contributed by atoms with Crippen LogP contribution in [0.4, 0.5) is 17.1 Å². The van der Waals surface area contributed by atoms with E-state index in [1.54, 1.807) is 6.07 Å². The molecule has 2 aromatic carbocycles. The number of methoxy groups -OCH3 is 1. The van der Waals surface area contributed by atoms with Gasteiger partial charge in [-0.15, -0.1) is 0 Å². The fourth-order valence-electron chi connectivity index (χ4n) is 2.85. The van der Waals surface area contributed by atoms with Gasteiger partial charge in [-0.05, 0) is 17.7 Å². The zero-order valence-corrected chi connectivity index (χ0v) is 16.2. The third-order valence-electron chi connectivity index (χ3n) is 4.36. The fourth-order valence-corrected chi connectivity index (χ4v) is 2.85. The molecule has 0 spiro atoms. The Bertz CT molecular complexity index is 1240. The van der Waals surface area contributed by atoms with Gasteiger partial charge in [-0.2, -0.15) is 0 Å². The molecule has 1 N–H and O–H groups in total. The predicted octanol–water partition coefficient (Wildman–Crippen LogP) is 2.97. The lowest BCUT2D eigenvalue weighted by Crippen LogP contribution is -2.22. The molecular weight excluding hydrogens is 408 g/mol. The van der Waals surface area contributed by atoms with Crippen molar-refractivity contribution in [3.8, 4) is 5.75 Å². The molecule has 3 rings (SSSR count). The molecule has 3 aromatic rings. The Hall–Kier alpha value is -4.54. The van der Waals surface area contributed by atoms with Crippen molar-refractivity contribution in [2.45, 2.75) is 6.54 Å². The van der Waals surface area contributed by atoms with Gasteiger partial charge < -0.3 is 14.6 Å². The SMILES string of the molecule is COc1cc([N+](=O)[O-])ccc1NC(=O)c1ccc(=O)n(Cc2cccc([N+](=O)[O-])c2)c1. The van der Waals surface area contributed by atoms with Crippen molar-refractivity contribution in [2.75, 3.05) is 12.4 Å². The van der Waals surface area contributed by atoms with Gasteiger partial charge in [0.15, 0.2) is 0 Å². The predicted molar refractivity (Wildman–Crippen MR) is 111 cm³/mol. The number of ether oxygens (including phenoxy) is 1. The Morgan fingerprint density at radius 2 is 1.74 bits per heavy atom. The Morgan fingerprint density at radius 3 is 2.42 bits per heavy atom. The first-order valence-corrected chi connectivity index (χ1v) is 8.86. The highest BCUT2D eigenvalue weighted by molar-refractivity contribution is 6.04. The normalized spacial score (nSPS) is 10.4. The maximum atomic E-state index is 12.7. The van der Waals surface area contributed by atoms with E-state index in [4.69, 9.17) is 4.74 Å². The number of nitrogens with zero attached hydrogens (tertiary/aromatic N) is 3. The monoisotopic (exact) mass is 424 g/mol. The molecule has 1 amide bonds. The molecule has 1 heterocycles. The Balaban J connectivity index is 1.85. The summed E-state index contributed by atoms with van der Waals surface area (Å²) in [5, 5.41) is 24.4. The minimum Gasteiger partial charge on any atom is -0.494 e. The summed E-state index contributed by atoms with van der Waals surface area (Å²) in [5.41, 5.74) is 0.187. The summed E-state index contributed by atoms with van der Waals surface area (Å²) in [6, 6.07) is 12.1. The van der Waals surface area contributed by atoms with Crippen LogP contribution in [0.2, 0.25) is 0 Å². The zero-order valence-electron chi connectivity index (χ0n) is 16.2. The maximum Gasteiger partial charge on any atom is 0.273 e. The van der Waals surface area contributed by atoms with Gasteiger partial charge in [-0.1, -0.05) is 12.1 Å². The van der Waals surface area contributed by atoms with Crippen molar-refractivity contribution >= 4 is 23.0 Å². The molecule has 11 nitrogen and oxygen atoms in total. The first kappa shape index (κ1) is 21.2. The second-order valence-electron chi connectivity index (χ2n) is 6.41. The van der Waals surface area contributed by atoms with Crippen LogP contribution < -0.4 is 15.6 Å². The van der Waals surface area contributed by atoms with Gasteiger partial charge in [-0.3, -0.25) is 29.8 Å². The molecule has 0 unspecified atom stereocenters. The number of benzene rings is 2. The standard InChI is InChI=1S/C20H16N4O7/c1-31-18-10-16(24(29)30)6-7-17(18)21-20(26)14-5-8-19(25)22(12-14)11-13-3-2-4-15(9-13)23(27)28/h2-10,12H,11H2,1H3,(H,21,26). The highest BCUT2D eigenvalue weighted by atomic mass is 16.6. The first-order valence-electron chi connectivity index (χ1n) is 8.86. The van der Waals surface area contributed by atoms with Crippen LogP contribution in [0.15, 0.2) is 65.6 Å². The number of hydrogen-bond acceptors (Lipinski definition) is 7. The highest BCUT2D eigenvalue weighted by Crippen LogP contribution is 2.29. The molecular formula is C20H16N4O7. The van der Waals surface area contributed by atoms with Crippen LogP contribution in [0.1, 0.15) is 15.9 Å². The van der Waals surface area contributed by atoms with Crippen LogP contribution in [0, 0.1) is 20.2 Å². The summed E-state index contributed by atoms with van der Waals surface area (Å²) < 4.78 is 6.35. The molecule has 1 aromatic heterocycles. The topological polar surface area (TPSA) is 147 Å². The van der Waals surface area contributed by atoms with Crippen molar-refractivity contribution < 1.29 is 19.4 Å². The van der Waals surface area contributed by atoms with Gasteiger partial charge in [0.2, 0.25) is 0 Å². The largest absolute Gasteiger partial charge is 0.494 e. The number of aromatic nitrogens is 1. The van der Waals surface area contributed by atoms with E-state index >= 15 is 0 Å². The summed E-state index contributed by atoms with van der Waals surface area (Å²) >= 11 is 0. The average Bonchev–Trinajstić information content (AvgIpc) is 2.75. The number of nitrogens with one attached hydrogen (secondary N) is 1. The quantitative estimate of drug-likeness (QED) is 0.453. The van der Waals surface area contributed by atoms with E-state index in [9.17, 15) is 29.8 Å². The zero-order chi connectivity index (χ0) is 22.5. The van der Waals surface area contributed by atoms with Crippen LogP contribution >= 0.6 is 0 Å². The summed E-state index contributed by atoms with van der Waals surface area (Å²) in [6.07, 6.45) is 1.33. The van der Waals surface area contributed by atoms with Crippen LogP contribution in [-0.4, -0.2) is 27.4 Å². The van der Waals surface area contributed by atoms with Crippen molar-refractivity contribution in [3.05, 3.63) is 103 Å². The van der Waals surface area contributed by atoms with E-state index in [1.807, 2.05) is 0 Å². The van der Waals surface area contributed by atoms with Gasteiger partial charge in [0.1, 0.15) is 5.75 Å². The highest BCUT2D eigenvalue weighted by Gasteiger charge is 2.15. The molecule has 31 heavy (non-hydrogen) atoms. The van der Waals surface area contributed by atoms with E-state index < -0.39 is 21.3 Å². The van der Waals surface area contributed by atoms with Crippen LogP contribution in [-0.2, 0) is 6.54 Å². The van der Waals surface area contributed by atoms with Crippen molar-refractivity contribution in [1.29, 1.82) is 0 Å². The van der Waals surface area contributed by atoms with Gasteiger partial charge in [-0.25, -0.2) is 0 Å². The van der Waals surface area contributed by atoms with E-state index in [0.717, 1.165) is 0 Å². The number of nitro benzene ring substituents is 2. The number of nitro groups is 2. The van der Waals surface area contributed by atoms with Gasteiger partial charge >= 0.3 is 0 Å². The van der Waals surface area contributed by atoms with E-state index in [2.05, 4.69) is 5.32 Å². The Labute approximate surface area is 174 Å². The summed E-state index contributed by atoms with van der Waals surface area (Å²) in [5.74, 6) is -0.465. The fraction of sp³-hybridized carbons (Fsp3) is 0.100. The number of hydrogen-bond donors (Lipinski definition) is 1. The van der Waals surface area contributed by atoms with Gasteiger partial charge in [0, 0.05) is 30.5 Å². The average molecular weight is 424 g/mol. The van der Waals surface area contributed by atoms with Gasteiger partial charge in [0.05, 0.1) is 40.8 Å². The molecule has 0 aliphatic heterocycles. The molecule has 0 saturated heterocycles. The van der Waals surface area contributed by atoms with Crippen molar-refractivity contribution in [2.24, 2.45) is 0 Å². The molecule has 0 aliphatic rings. The second-order valence-corrected chi connectivity index (χ2v) is 6.41. The Kier molecular flexibility index (Phi) is 6.05. The Morgan fingerprint density at radius 1 is 1.03 bits per heavy atom. The summed E-state index contributed by atoms with van der Waals surface area (Å²) in [7, 11) is 1.31. The molecule has 0 atom stereocenters.